The first-order valence-electron chi connectivity index (χ1n) is 7.49. The van der Waals surface area contributed by atoms with Crippen molar-refractivity contribution >= 4 is 39.2 Å². The Morgan fingerprint density at radius 2 is 1.92 bits per heavy atom. The molecule has 0 saturated heterocycles. The number of nitrogens with two attached hydrogens (primary N) is 1. The minimum atomic E-state index is -3.76. The fourth-order valence-electron chi connectivity index (χ4n) is 2.26. The number of fused-ring (bicyclic) bond motifs is 1. The van der Waals surface area contributed by atoms with Crippen molar-refractivity contribution in [3.63, 3.8) is 0 Å². The lowest BCUT2D eigenvalue weighted by Crippen LogP contribution is -2.15. The zero-order valence-corrected chi connectivity index (χ0v) is 15.6. The van der Waals surface area contributed by atoms with E-state index in [1.165, 1.54) is 36.0 Å². The van der Waals surface area contributed by atoms with Gasteiger partial charge in [-0.05, 0) is 44.2 Å². The second-order valence-electron chi connectivity index (χ2n) is 5.55. The van der Waals surface area contributed by atoms with Crippen molar-refractivity contribution in [2.24, 2.45) is 5.14 Å². The van der Waals surface area contributed by atoms with Crippen molar-refractivity contribution in [3.05, 3.63) is 41.7 Å². The maximum Gasteiger partial charge on any atom is 0.253 e. The van der Waals surface area contributed by atoms with E-state index in [1.807, 2.05) is 19.9 Å². The lowest BCUT2D eigenvalue weighted by atomic mass is 10.3. The summed E-state index contributed by atoms with van der Waals surface area (Å²) < 4.78 is 24.0. The van der Waals surface area contributed by atoms with Crippen molar-refractivity contribution in [2.75, 3.05) is 11.1 Å². The number of nitrogens with zero attached hydrogens (tertiary/aromatic N) is 4. The summed E-state index contributed by atoms with van der Waals surface area (Å²) in [5.74, 6) is 0.327. The van der Waals surface area contributed by atoms with Crippen LogP contribution in [0.15, 0.2) is 40.4 Å². The molecule has 2 aromatic heterocycles. The molecule has 136 valence electrons. The molecule has 0 aliphatic rings. The molecular weight excluding hydrogens is 376 g/mol. The number of benzene rings is 1. The molecule has 0 unspecified atom stereocenters. The van der Waals surface area contributed by atoms with Crippen molar-refractivity contribution < 1.29 is 13.2 Å². The highest BCUT2D eigenvalue weighted by atomic mass is 32.2. The quantitative estimate of drug-likeness (QED) is 0.622. The van der Waals surface area contributed by atoms with E-state index in [9.17, 15) is 13.2 Å². The van der Waals surface area contributed by atoms with Crippen LogP contribution < -0.4 is 10.5 Å². The molecule has 1 aromatic carbocycles. The van der Waals surface area contributed by atoms with E-state index < -0.39 is 10.0 Å². The molecule has 0 aliphatic carbocycles. The lowest BCUT2D eigenvalue weighted by Gasteiger charge is -2.05. The van der Waals surface area contributed by atoms with Gasteiger partial charge in [-0.1, -0.05) is 11.8 Å². The highest BCUT2D eigenvalue weighted by molar-refractivity contribution is 7.99. The van der Waals surface area contributed by atoms with Crippen LogP contribution in [0.2, 0.25) is 0 Å². The molecular formula is C15H16N6O3S2. The summed E-state index contributed by atoms with van der Waals surface area (Å²) in [5, 5.41) is 12.5. The van der Waals surface area contributed by atoms with Gasteiger partial charge in [0.15, 0.2) is 0 Å². The summed E-state index contributed by atoms with van der Waals surface area (Å²) in [6.45, 7) is 3.78. The van der Waals surface area contributed by atoms with E-state index in [0.29, 0.717) is 16.6 Å². The SMILES string of the molecule is Cc1cc(C)n2nc(SCC(=O)Nc3ccc(S(N)(=O)=O)cc3)nc2n1. The molecule has 26 heavy (non-hydrogen) atoms. The molecule has 1 amide bonds. The molecule has 2 heterocycles. The third-order valence-electron chi connectivity index (χ3n) is 3.40. The Morgan fingerprint density at radius 1 is 1.23 bits per heavy atom. The molecule has 0 spiro atoms. The Hall–Kier alpha value is -2.50. The fraction of sp³-hybridized carbons (Fsp3) is 0.200. The fourth-order valence-corrected chi connectivity index (χ4v) is 3.40. The number of thioether (sulfide) groups is 1. The first-order chi connectivity index (χ1) is 12.2. The molecule has 0 atom stereocenters. The Bertz CT molecular complexity index is 1080. The van der Waals surface area contributed by atoms with Crippen molar-refractivity contribution in [2.45, 2.75) is 23.9 Å². The number of hydrogen-bond acceptors (Lipinski definition) is 7. The minimum Gasteiger partial charge on any atom is -0.325 e. The van der Waals surface area contributed by atoms with Crippen LogP contribution in [0.4, 0.5) is 5.69 Å². The van der Waals surface area contributed by atoms with Gasteiger partial charge >= 0.3 is 0 Å². The summed E-state index contributed by atoms with van der Waals surface area (Å²) in [5.41, 5.74) is 2.23. The standard InChI is InChI=1S/C15H16N6O3S2/c1-9-7-10(2)21-14(17-9)19-15(20-21)25-8-13(22)18-11-3-5-12(6-4-11)26(16,23)24/h3-7H,8H2,1-2H3,(H,18,22)(H2,16,23,24). The van der Waals surface area contributed by atoms with Gasteiger partial charge in [0.25, 0.3) is 5.78 Å². The normalized spacial score (nSPS) is 11.7. The second-order valence-corrected chi connectivity index (χ2v) is 8.06. The third-order valence-corrected chi connectivity index (χ3v) is 5.16. The van der Waals surface area contributed by atoms with Gasteiger partial charge in [0.05, 0.1) is 10.6 Å². The van der Waals surface area contributed by atoms with Gasteiger partial charge in [0.1, 0.15) is 0 Å². The number of aromatic nitrogens is 4. The molecule has 3 N–H and O–H groups in total. The Balaban J connectivity index is 1.63. The van der Waals surface area contributed by atoms with Gasteiger partial charge in [-0.2, -0.15) is 4.98 Å². The topological polar surface area (TPSA) is 132 Å². The molecule has 0 bridgehead atoms. The van der Waals surface area contributed by atoms with Crippen molar-refractivity contribution in [1.82, 2.24) is 19.6 Å². The summed E-state index contributed by atoms with van der Waals surface area (Å²) in [7, 11) is -3.76. The molecule has 9 nitrogen and oxygen atoms in total. The zero-order chi connectivity index (χ0) is 18.9. The lowest BCUT2D eigenvalue weighted by molar-refractivity contribution is -0.113. The number of anilines is 1. The van der Waals surface area contributed by atoms with E-state index >= 15 is 0 Å². The average molecular weight is 392 g/mol. The number of nitrogens with one attached hydrogen (secondary N) is 1. The molecule has 0 fully saturated rings. The second kappa shape index (κ2) is 7.02. The van der Waals surface area contributed by atoms with Gasteiger partial charge in [0, 0.05) is 17.1 Å². The van der Waals surface area contributed by atoms with E-state index in [2.05, 4.69) is 20.4 Å². The predicted octanol–water partition coefficient (Wildman–Crippen LogP) is 1.12. The molecule has 3 rings (SSSR count). The summed E-state index contributed by atoms with van der Waals surface area (Å²) in [6, 6.07) is 7.51. The van der Waals surface area contributed by atoms with Crippen LogP contribution in [0.25, 0.3) is 5.78 Å². The number of sulfonamides is 1. The van der Waals surface area contributed by atoms with Gasteiger partial charge < -0.3 is 5.32 Å². The van der Waals surface area contributed by atoms with E-state index in [-0.39, 0.29) is 16.6 Å². The maximum absolute atomic E-state index is 12.1. The first kappa shape index (κ1) is 18.3. The summed E-state index contributed by atoms with van der Waals surface area (Å²) in [6.07, 6.45) is 0. The summed E-state index contributed by atoms with van der Waals surface area (Å²) in [4.78, 5) is 20.6. The van der Waals surface area contributed by atoms with Crippen molar-refractivity contribution in [3.8, 4) is 0 Å². The van der Waals surface area contributed by atoms with Crippen LogP contribution in [0, 0.1) is 13.8 Å². The molecule has 0 saturated carbocycles. The Labute approximate surface area is 154 Å². The van der Waals surface area contributed by atoms with Gasteiger partial charge in [-0.3, -0.25) is 4.79 Å². The number of hydrogen-bond donors (Lipinski definition) is 2. The number of aryl methyl sites for hydroxylation is 2. The molecule has 3 aromatic rings. The Morgan fingerprint density at radius 3 is 2.58 bits per heavy atom. The number of carbonyl (C=O) groups excluding carboxylic acids is 1. The smallest absolute Gasteiger partial charge is 0.253 e. The van der Waals surface area contributed by atoms with Crippen LogP contribution in [-0.2, 0) is 14.8 Å². The van der Waals surface area contributed by atoms with Crippen LogP contribution in [0.5, 0.6) is 0 Å². The minimum absolute atomic E-state index is 0.0167. The van der Waals surface area contributed by atoms with Crippen molar-refractivity contribution in [1.29, 1.82) is 0 Å². The van der Waals surface area contributed by atoms with Gasteiger partial charge in [-0.15, -0.1) is 5.10 Å². The van der Waals surface area contributed by atoms with Crippen LogP contribution in [0.3, 0.4) is 0 Å². The number of carbonyl (C=O) groups is 1. The maximum atomic E-state index is 12.1. The monoisotopic (exact) mass is 392 g/mol. The Kier molecular flexibility index (Phi) is 4.94. The zero-order valence-electron chi connectivity index (χ0n) is 14.0. The number of amides is 1. The first-order valence-corrected chi connectivity index (χ1v) is 10.0. The molecule has 0 aliphatic heterocycles. The van der Waals surface area contributed by atoms with E-state index in [0.717, 1.165) is 11.4 Å². The average Bonchev–Trinajstić information content (AvgIpc) is 2.96. The van der Waals surface area contributed by atoms with Crippen LogP contribution in [-0.4, -0.2) is 39.7 Å². The summed E-state index contributed by atoms with van der Waals surface area (Å²) >= 11 is 1.18. The van der Waals surface area contributed by atoms with E-state index in [1.54, 1.807) is 4.52 Å². The largest absolute Gasteiger partial charge is 0.325 e. The van der Waals surface area contributed by atoms with E-state index in [4.69, 9.17) is 5.14 Å². The van der Waals surface area contributed by atoms with Gasteiger partial charge in [0.2, 0.25) is 21.1 Å². The third kappa shape index (κ3) is 4.18. The van der Waals surface area contributed by atoms with Crippen LogP contribution in [0.1, 0.15) is 11.4 Å². The predicted molar refractivity (Wildman–Crippen MR) is 97.4 cm³/mol. The van der Waals surface area contributed by atoms with Crippen LogP contribution >= 0.6 is 11.8 Å². The van der Waals surface area contributed by atoms with Gasteiger partial charge in [-0.25, -0.2) is 23.1 Å². The highest BCUT2D eigenvalue weighted by Crippen LogP contribution is 2.17. The highest BCUT2D eigenvalue weighted by Gasteiger charge is 2.11. The molecule has 0 radical (unpaired) electrons. The number of primary sulfonamides is 1. The molecule has 11 heteroatoms. The number of rotatable bonds is 5.